The monoisotopic (exact) mass is 311 g/mol. The second-order valence-corrected chi connectivity index (χ2v) is 6.44. The molecule has 0 spiro atoms. The zero-order valence-corrected chi connectivity index (χ0v) is 12.5. The molecule has 0 heterocycles. The Morgan fingerprint density at radius 1 is 1.39 bits per heavy atom. The molecule has 3 heteroatoms. The lowest BCUT2D eigenvalue weighted by atomic mass is 9.87. The quantitative estimate of drug-likeness (QED) is 0.870. The number of hydrogen-bond donors (Lipinski definition) is 2. The smallest absolute Gasteiger partial charge is 0.0499 e. The number of aliphatic hydroxyl groups is 1. The van der Waals surface area contributed by atoms with E-state index in [0.717, 1.165) is 23.9 Å². The molecule has 0 aliphatic heterocycles. The van der Waals surface area contributed by atoms with Gasteiger partial charge in [0.05, 0.1) is 0 Å². The van der Waals surface area contributed by atoms with E-state index in [1.54, 1.807) is 0 Å². The Balaban J connectivity index is 1.93. The Bertz CT molecular complexity index is 388. The van der Waals surface area contributed by atoms with E-state index in [0.29, 0.717) is 12.6 Å². The molecule has 1 atom stereocenters. The van der Waals surface area contributed by atoms with Gasteiger partial charge in [0.15, 0.2) is 0 Å². The van der Waals surface area contributed by atoms with E-state index < -0.39 is 0 Å². The van der Waals surface area contributed by atoms with Gasteiger partial charge in [0.25, 0.3) is 0 Å². The van der Waals surface area contributed by atoms with Crippen molar-refractivity contribution in [2.24, 2.45) is 5.41 Å². The predicted octanol–water partition coefficient (Wildman–Crippen LogP) is 3.65. The molecule has 1 aromatic carbocycles. The minimum atomic E-state index is 0.125. The summed E-state index contributed by atoms with van der Waals surface area (Å²) in [6, 6.07) is 8.73. The Hall–Kier alpha value is -0.380. The molecular formula is C15H22BrNO. The molecule has 18 heavy (non-hydrogen) atoms. The highest BCUT2D eigenvalue weighted by molar-refractivity contribution is 9.10. The average molecular weight is 312 g/mol. The van der Waals surface area contributed by atoms with E-state index in [2.05, 4.69) is 46.4 Å². The number of rotatable bonds is 5. The van der Waals surface area contributed by atoms with Crippen molar-refractivity contribution in [3.63, 3.8) is 0 Å². The molecule has 1 aliphatic rings. The van der Waals surface area contributed by atoms with Crippen LogP contribution >= 0.6 is 15.9 Å². The van der Waals surface area contributed by atoms with Crippen LogP contribution in [0, 0.1) is 5.41 Å². The van der Waals surface area contributed by atoms with Gasteiger partial charge in [0.2, 0.25) is 0 Å². The number of halogens is 1. The molecule has 0 aromatic heterocycles. The van der Waals surface area contributed by atoms with Gasteiger partial charge < -0.3 is 10.4 Å². The first-order valence-electron chi connectivity index (χ1n) is 6.75. The highest BCUT2D eigenvalue weighted by atomic mass is 79.9. The molecule has 0 radical (unpaired) electrons. The molecule has 1 aliphatic carbocycles. The van der Waals surface area contributed by atoms with Crippen molar-refractivity contribution in [1.29, 1.82) is 0 Å². The average Bonchev–Trinajstić information content (AvgIpc) is 2.85. The first-order chi connectivity index (χ1) is 8.65. The van der Waals surface area contributed by atoms with E-state index in [1.807, 2.05) is 6.07 Å². The van der Waals surface area contributed by atoms with Crippen LogP contribution in [0.3, 0.4) is 0 Å². The maximum absolute atomic E-state index is 9.60. The molecule has 2 rings (SSSR count). The van der Waals surface area contributed by atoms with Crippen LogP contribution < -0.4 is 5.32 Å². The number of aliphatic hydroxyl groups excluding tert-OH is 1. The molecule has 2 N–H and O–H groups in total. The van der Waals surface area contributed by atoms with E-state index in [1.165, 1.54) is 18.4 Å². The molecule has 2 nitrogen and oxygen atoms in total. The summed E-state index contributed by atoms with van der Waals surface area (Å²) in [5, 5.41) is 13.2. The Labute approximate surface area is 118 Å². The highest BCUT2D eigenvalue weighted by Gasteiger charge is 2.33. The van der Waals surface area contributed by atoms with Gasteiger partial charge in [-0.3, -0.25) is 0 Å². The second-order valence-electron chi connectivity index (χ2n) is 5.52. The third-order valence-electron chi connectivity index (χ3n) is 4.13. The minimum absolute atomic E-state index is 0.125. The van der Waals surface area contributed by atoms with Crippen molar-refractivity contribution >= 4 is 15.9 Å². The zero-order chi connectivity index (χ0) is 13.0. The van der Waals surface area contributed by atoms with Crippen LogP contribution in [0.5, 0.6) is 0 Å². The summed E-state index contributed by atoms with van der Waals surface area (Å²) in [4.78, 5) is 0. The van der Waals surface area contributed by atoms with Crippen LogP contribution in [0.2, 0.25) is 0 Å². The lowest BCUT2D eigenvalue weighted by Crippen LogP contribution is -2.36. The van der Waals surface area contributed by atoms with Gasteiger partial charge in [-0.1, -0.05) is 40.9 Å². The number of nitrogens with one attached hydrogen (secondary N) is 1. The van der Waals surface area contributed by atoms with E-state index in [9.17, 15) is 5.11 Å². The summed E-state index contributed by atoms with van der Waals surface area (Å²) in [7, 11) is 0. The third kappa shape index (κ3) is 3.34. The second kappa shape index (κ2) is 6.18. The van der Waals surface area contributed by atoms with E-state index >= 15 is 0 Å². The molecule has 1 saturated carbocycles. The Morgan fingerprint density at radius 3 is 2.72 bits per heavy atom. The zero-order valence-electron chi connectivity index (χ0n) is 11.0. The van der Waals surface area contributed by atoms with Gasteiger partial charge in [-0.2, -0.15) is 0 Å². The maximum atomic E-state index is 9.60. The van der Waals surface area contributed by atoms with E-state index in [4.69, 9.17) is 0 Å². The van der Waals surface area contributed by atoms with Crippen molar-refractivity contribution in [3.05, 3.63) is 34.3 Å². The van der Waals surface area contributed by atoms with Gasteiger partial charge in [-0.15, -0.1) is 0 Å². The molecule has 0 amide bonds. The van der Waals surface area contributed by atoms with Crippen LogP contribution in [-0.2, 0) is 0 Å². The molecule has 1 fully saturated rings. The topological polar surface area (TPSA) is 32.3 Å². The standard InChI is InChI=1S/C15H22BrNO/c1-12(13-5-4-6-14(16)9-13)17-10-15(11-18)7-2-3-8-15/h4-6,9,12,17-18H,2-3,7-8,10-11H2,1H3. The van der Waals surface area contributed by atoms with Crippen molar-refractivity contribution in [2.75, 3.05) is 13.2 Å². The summed E-state index contributed by atoms with van der Waals surface area (Å²) in [5.41, 5.74) is 1.41. The first kappa shape index (κ1) is 14.0. The molecule has 1 unspecified atom stereocenters. The molecule has 0 bridgehead atoms. The SMILES string of the molecule is CC(NCC1(CO)CCCC1)c1cccc(Br)c1. The molecule has 0 saturated heterocycles. The fourth-order valence-electron chi connectivity index (χ4n) is 2.78. The lowest BCUT2D eigenvalue weighted by molar-refractivity contribution is 0.125. The third-order valence-corrected chi connectivity index (χ3v) is 4.62. The van der Waals surface area contributed by atoms with Crippen molar-refractivity contribution in [1.82, 2.24) is 5.32 Å². The van der Waals surface area contributed by atoms with Crippen molar-refractivity contribution in [3.8, 4) is 0 Å². The fourth-order valence-corrected chi connectivity index (χ4v) is 3.20. The first-order valence-corrected chi connectivity index (χ1v) is 7.54. The predicted molar refractivity (Wildman–Crippen MR) is 78.5 cm³/mol. The summed E-state index contributed by atoms with van der Waals surface area (Å²) in [6.45, 7) is 3.41. The van der Waals surface area contributed by atoms with Gasteiger partial charge in [0, 0.05) is 29.1 Å². The summed E-state index contributed by atoms with van der Waals surface area (Å²) < 4.78 is 1.12. The Morgan fingerprint density at radius 2 is 2.11 bits per heavy atom. The largest absolute Gasteiger partial charge is 0.396 e. The van der Waals surface area contributed by atoms with Crippen LogP contribution in [0.1, 0.15) is 44.2 Å². The molecule has 100 valence electrons. The van der Waals surface area contributed by atoms with Crippen LogP contribution in [-0.4, -0.2) is 18.3 Å². The highest BCUT2D eigenvalue weighted by Crippen LogP contribution is 2.37. The van der Waals surface area contributed by atoms with Gasteiger partial charge in [-0.05, 0) is 37.5 Å². The summed E-state index contributed by atoms with van der Waals surface area (Å²) in [6.07, 6.45) is 4.82. The van der Waals surface area contributed by atoms with Gasteiger partial charge in [0.1, 0.15) is 0 Å². The molecular weight excluding hydrogens is 290 g/mol. The van der Waals surface area contributed by atoms with E-state index in [-0.39, 0.29) is 5.41 Å². The summed E-state index contributed by atoms with van der Waals surface area (Å²) >= 11 is 3.50. The van der Waals surface area contributed by atoms with Crippen LogP contribution in [0.25, 0.3) is 0 Å². The summed E-state index contributed by atoms with van der Waals surface area (Å²) in [5.74, 6) is 0. The fraction of sp³-hybridized carbons (Fsp3) is 0.600. The molecule has 1 aromatic rings. The number of hydrogen-bond acceptors (Lipinski definition) is 2. The minimum Gasteiger partial charge on any atom is -0.396 e. The van der Waals surface area contributed by atoms with Crippen LogP contribution in [0.4, 0.5) is 0 Å². The van der Waals surface area contributed by atoms with Gasteiger partial charge in [-0.25, -0.2) is 0 Å². The number of benzene rings is 1. The van der Waals surface area contributed by atoms with Crippen molar-refractivity contribution in [2.45, 2.75) is 38.6 Å². The van der Waals surface area contributed by atoms with Crippen LogP contribution in [0.15, 0.2) is 28.7 Å². The van der Waals surface area contributed by atoms with Gasteiger partial charge >= 0.3 is 0 Å². The Kier molecular flexibility index (Phi) is 4.82. The lowest BCUT2D eigenvalue weighted by Gasteiger charge is -2.29. The normalized spacial score (nSPS) is 19.9. The van der Waals surface area contributed by atoms with Crippen molar-refractivity contribution < 1.29 is 5.11 Å². The maximum Gasteiger partial charge on any atom is 0.0499 e.